The zero-order valence-electron chi connectivity index (χ0n) is 17.3. The van der Waals surface area contributed by atoms with Gasteiger partial charge in [-0.1, -0.05) is 6.42 Å². The minimum Gasteiger partial charge on any atom is -0.378 e. The number of aliphatic hydroxyl groups is 2. The Kier molecular flexibility index (Phi) is 8.08. The smallest absolute Gasteiger partial charge is 0.242 e. The van der Waals surface area contributed by atoms with Crippen molar-refractivity contribution in [3.05, 3.63) is 0 Å². The van der Waals surface area contributed by atoms with Crippen LogP contribution in [0.1, 0.15) is 57.8 Å². The van der Waals surface area contributed by atoms with Crippen LogP contribution in [-0.4, -0.2) is 90.2 Å². The van der Waals surface area contributed by atoms with E-state index in [1.54, 1.807) is 0 Å². The number of aliphatic hydroxyl groups excluding tert-OH is 2. The molecule has 2 unspecified atom stereocenters. The van der Waals surface area contributed by atoms with Crippen LogP contribution >= 0.6 is 0 Å². The number of hydrogen-bond acceptors (Lipinski definition) is 7. The van der Waals surface area contributed by atoms with Gasteiger partial charge in [0.15, 0.2) is 0 Å². The van der Waals surface area contributed by atoms with E-state index in [9.17, 15) is 28.2 Å². The molecule has 0 aromatic heterocycles. The standard InChI is InChI=1S/C19H34N4O6S/c24-16(21-30(28,29)14-6-7-14)13-20-19(27)15-5-4-12-23(15)18(26)9-8-17(25)22-10-2-1-3-11-22/h14-17,21,24-25H,1-13H2,(H,20,27)/t15-,16?,17?/m0/s1. The van der Waals surface area contributed by atoms with Crippen LogP contribution in [0, 0.1) is 0 Å². The van der Waals surface area contributed by atoms with Crippen molar-refractivity contribution in [2.45, 2.75) is 81.5 Å². The summed E-state index contributed by atoms with van der Waals surface area (Å²) in [5.74, 6) is -0.569. The summed E-state index contributed by atoms with van der Waals surface area (Å²) in [4.78, 5) is 28.7. The van der Waals surface area contributed by atoms with E-state index in [0.29, 0.717) is 38.6 Å². The highest BCUT2D eigenvalue weighted by atomic mass is 32.2. The largest absolute Gasteiger partial charge is 0.378 e. The molecule has 0 aromatic carbocycles. The quantitative estimate of drug-likeness (QED) is 0.318. The molecule has 2 saturated heterocycles. The molecule has 4 N–H and O–H groups in total. The number of rotatable bonds is 10. The summed E-state index contributed by atoms with van der Waals surface area (Å²) in [5, 5.41) is 22.3. The third-order valence-electron chi connectivity index (χ3n) is 6.04. The lowest BCUT2D eigenvalue weighted by molar-refractivity contribution is -0.139. The molecule has 1 saturated carbocycles. The number of carbonyl (C=O) groups excluding carboxylic acids is 2. The predicted molar refractivity (Wildman–Crippen MR) is 109 cm³/mol. The van der Waals surface area contributed by atoms with Gasteiger partial charge in [-0.25, -0.2) is 8.42 Å². The van der Waals surface area contributed by atoms with Gasteiger partial charge in [-0.2, -0.15) is 4.72 Å². The van der Waals surface area contributed by atoms with E-state index in [2.05, 4.69) is 10.0 Å². The zero-order chi connectivity index (χ0) is 21.7. The van der Waals surface area contributed by atoms with E-state index in [1.165, 1.54) is 11.3 Å². The monoisotopic (exact) mass is 446 g/mol. The summed E-state index contributed by atoms with van der Waals surface area (Å²) in [6.45, 7) is 1.92. The molecule has 2 amide bonds. The first-order valence-electron chi connectivity index (χ1n) is 11.0. The van der Waals surface area contributed by atoms with Crippen molar-refractivity contribution in [1.29, 1.82) is 0 Å². The fourth-order valence-corrected chi connectivity index (χ4v) is 5.57. The fourth-order valence-electron chi connectivity index (χ4n) is 4.15. The molecule has 3 aliphatic rings. The van der Waals surface area contributed by atoms with Crippen molar-refractivity contribution in [1.82, 2.24) is 19.8 Å². The molecule has 30 heavy (non-hydrogen) atoms. The Bertz CT molecular complexity index is 708. The summed E-state index contributed by atoms with van der Waals surface area (Å²) in [7, 11) is -3.55. The molecule has 1 aliphatic carbocycles. The zero-order valence-corrected chi connectivity index (χ0v) is 18.1. The number of nitrogens with zero attached hydrogens (tertiary/aromatic N) is 2. The maximum absolute atomic E-state index is 12.6. The summed E-state index contributed by atoms with van der Waals surface area (Å²) < 4.78 is 25.8. The van der Waals surface area contributed by atoms with E-state index < -0.39 is 39.7 Å². The van der Waals surface area contributed by atoms with Crippen molar-refractivity contribution in [2.24, 2.45) is 0 Å². The highest BCUT2D eigenvalue weighted by Gasteiger charge is 2.37. The minimum absolute atomic E-state index is 0.168. The van der Waals surface area contributed by atoms with E-state index in [4.69, 9.17) is 0 Å². The van der Waals surface area contributed by atoms with Crippen molar-refractivity contribution in [3.8, 4) is 0 Å². The number of sulfonamides is 1. The van der Waals surface area contributed by atoms with Gasteiger partial charge in [-0.15, -0.1) is 0 Å². The summed E-state index contributed by atoms with van der Waals surface area (Å²) in [5.41, 5.74) is 0. The van der Waals surface area contributed by atoms with Crippen LogP contribution in [0.5, 0.6) is 0 Å². The third kappa shape index (κ3) is 6.36. The summed E-state index contributed by atoms with van der Waals surface area (Å²) in [6, 6.07) is -0.628. The van der Waals surface area contributed by atoms with Gasteiger partial charge >= 0.3 is 0 Å². The van der Waals surface area contributed by atoms with E-state index in [1.807, 2.05) is 4.90 Å². The molecule has 3 fully saturated rings. The normalized spacial score (nSPS) is 25.1. The lowest BCUT2D eigenvalue weighted by atomic mass is 10.1. The van der Waals surface area contributed by atoms with Gasteiger partial charge in [0.2, 0.25) is 21.8 Å². The summed E-state index contributed by atoms with van der Waals surface area (Å²) in [6.07, 6.45) is 4.15. The Morgan fingerprint density at radius 1 is 1.00 bits per heavy atom. The van der Waals surface area contributed by atoms with Crippen LogP contribution in [-0.2, 0) is 19.6 Å². The Balaban J connectivity index is 1.42. The van der Waals surface area contributed by atoms with Crippen LogP contribution in [0.15, 0.2) is 0 Å². The molecule has 2 heterocycles. The lowest BCUT2D eigenvalue weighted by Gasteiger charge is -2.31. The second-order valence-electron chi connectivity index (χ2n) is 8.48. The maximum Gasteiger partial charge on any atom is 0.242 e. The Morgan fingerprint density at radius 2 is 1.70 bits per heavy atom. The van der Waals surface area contributed by atoms with Gasteiger partial charge in [0.05, 0.1) is 11.8 Å². The Hall–Kier alpha value is -1.27. The number of hydrogen-bond donors (Lipinski definition) is 4. The highest BCUT2D eigenvalue weighted by Crippen LogP contribution is 2.27. The number of amides is 2. The van der Waals surface area contributed by atoms with Gasteiger partial charge in [-0.05, 0) is 44.9 Å². The molecule has 0 spiro atoms. The first-order valence-corrected chi connectivity index (χ1v) is 12.5. The fraction of sp³-hybridized carbons (Fsp3) is 0.895. The van der Waals surface area contributed by atoms with Crippen molar-refractivity contribution in [3.63, 3.8) is 0 Å². The number of likely N-dealkylation sites (tertiary alicyclic amines) is 2. The van der Waals surface area contributed by atoms with Crippen LogP contribution in [0.3, 0.4) is 0 Å². The third-order valence-corrected chi connectivity index (χ3v) is 7.99. The summed E-state index contributed by atoms with van der Waals surface area (Å²) >= 11 is 0. The molecule has 10 nitrogen and oxygen atoms in total. The van der Waals surface area contributed by atoms with Gasteiger partial charge in [0.1, 0.15) is 18.5 Å². The second-order valence-corrected chi connectivity index (χ2v) is 10.5. The van der Waals surface area contributed by atoms with Crippen molar-refractivity contribution < 1.29 is 28.2 Å². The van der Waals surface area contributed by atoms with E-state index in [-0.39, 0.29) is 18.9 Å². The van der Waals surface area contributed by atoms with Gasteiger partial charge < -0.3 is 20.4 Å². The lowest BCUT2D eigenvalue weighted by Crippen LogP contribution is -2.50. The molecule has 0 bridgehead atoms. The molecular weight excluding hydrogens is 412 g/mol. The van der Waals surface area contributed by atoms with Gasteiger partial charge in [-0.3, -0.25) is 14.5 Å². The van der Waals surface area contributed by atoms with Crippen molar-refractivity contribution in [2.75, 3.05) is 26.2 Å². The van der Waals surface area contributed by atoms with Crippen LogP contribution in [0.4, 0.5) is 0 Å². The molecule has 0 radical (unpaired) electrons. The highest BCUT2D eigenvalue weighted by molar-refractivity contribution is 7.90. The minimum atomic E-state index is -3.55. The number of piperidine rings is 1. The van der Waals surface area contributed by atoms with Crippen LogP contribution < -0.4 is 10.0 Å². The molecule has 11 heteroatoms. The predicted octanol–water partition coefficient (Wildman–Crippen LogP) is -0.922. The maximum atomic E-state index is 12.6. The number of carbonyl (C=O) groups is 2. The van der Waals surface area contributed by atoms with E-state index >= 15 is 0 Å². The Morgan fingerprint density at radius 3 is 2.37 bits per heavy atom. The molecule has 0 aromatic rings. The van der Waals surface area contributed by atoms with Crippen LogP contribution in [0.2, 0.25) is 0 Å². The second kappa shape index (κ2) is 10.4. The molecule has 3 rings (SSSR count). The van der Waals surface area contributed by atoms with Crippen LogP contribution in [0.25, 0.3) is 0 Å². The average Bonchev–Trinajstić information content (AvgIpc) is 3.48. The number of nitrogens with one attached hydrogen (secondary N) is 2. The van der Waals surface area contributed by atoms with Crippen molar-refractivity contribution >= 4 is 21.8 Å². The molecule has 3 atom stereocenters. The average molecular weight is 447 g/mol. The molecule has 172 valence electrons. The molecule has 2 aliphatic heterocycles. The Labute approximate surface area is 178 Å². The van der Waals surface area contributed by atoms with Gasteiger partial charge in [0, 0.05) is 26.1 Å². The SMILES string of the molecule is O=C(NCC(O)NS(=O)(=O)C1CC1)[C@@H]1CCCN1C(=O)CCC(O)N1CCCCC1. The van der Waals surface area contributed by atoms with E-state index in [0.717, 1.165) is 25.9 Å². The first kappa shape index (κ1) is 23.4. The first-order chi connectivity index (χ1) is 14.3. The van der Waals surface area contributed by atoms with Gasteiger partial charge in [0.25, 0.3) is 0 Å². The topological polar surface area (TPSA) is 139 Å². The molecular formula is C19H34N4O6S.